The summed E-state index contributed by atoms with van der Waals surface area (Å²) in [7, 11) is 0. The van der Waals surface area contributed by atoms with Crippen molar-refractivity contribution < 1.29 is 27.2 Å². The van der Waals surface area contributed by atoms with Crippen molar-refractivity contribution in [3.05, 3.63) is 89.7 Å². The summed E-state index contributed by atoms with van der Waals surface area (Å²) in [5.74, 6) is -1.43. The lowest BCUT2D eigenvalue weighted by Gasteiger charge is -2.18. The summed E-state index contributed by atoms with van der Waals surface area (Å²) < 4.78 is 52.7. The van der Waals surface area contributed by atoms with Gasteiger partial charge in [0.1, 0.15) is 5.82 Å². The number of hydrogen-bond donors (Lipinski definition) is 2. The number of halogens is 4. The van der Waals surface area contributed by atoms with Gasteiger partial charge in [-0.1, -0.05) is 25.1 Å². The molecule has 0 saturated heterocycles. The first-order valence-electron chi connectivity index (χ1n) is 9.98. The number of alkyl halides is 3. The average molecular weight is 476 g/mol. The third-order valence-electron chi connectivity index (χ3n) is 4.63. The molecule has 0 aromatic heterocycles. The standard InChI is InChI=1S/C24H20F4N2O2S/c1-2-21(23(32)30-20-9-4-3-8-19(20)24(26,27)28)33-18-7-5-6-17(14-18)29-22(31)15-10-12-16(25)13-11-15/h3-14,21H,2H2,1H3,(H,29,31)(H,30,32). The maximum atomic E-state index is 13.2. The topological polar surface area (TPSA) is 58.2 Å². The lowest BCUT2D eigenvalue weighted by Crippen LogP contribution is -2.26. The van der Waals surface area contributed by atoms with Crippen molar-refractivity contribution in [2.24, 2.45) is 0 Å². The minimum atomic E-state index is -4.59. The number of nitrogens with one attached hydrogen (secondary N) is 2. The van der Waals surface area contributed by atoms with E-state index in [4.69, 9.17) is 0 Å². The largest absolute Gasteiger partial charge is 0.418 e. The Hall–Kier alpha value is -3.33. The first-order valence-corrected chi connectivity index (χ1v) is 10.9. The Labute approximate surface area is 192 Å². The van der Waals surface area contributed by atoms with Crippen molar-refractivity contribution in [1.29, 1.82) is 0 Å². The van der Waals surface area contributed by atoms with Crippen molar-refractivity contribution in [3.8, 4) is 0 Å². The molecule has 3 aromatic carbocycles. The van der Waals surface area contributed by atoms with Crippen LogP contribution in [0.4, 0.5) is 28.9 Å². The van der Waals surface area contributed by atoms with Crippen LogP contribution in [-0.4, -0.2) is 17.1 Å². The Bertz CT molecular complexity index is 1130. The van der Waals surface area contributed by atoms with Crippen LogP contribution in [0.1, 0.15) is 29.3 Å². The van der Waals surface area contributed by atoms with Crippen molar-refractivity contribution in [3.63, 3.8) is 0 Å². The van der Waals surface area contributed by atoms with Gasteiger partial charge in [-0.3, -0.25) is 9.59 Å². The highest BCUT2D eigenvalue weighted by Gasteiger charge is 2.34. The van der Waals surface area contributed by atoms with Gasteiger partial charge >= 0.3 is 6.18 Å². The molecule has 0 saturated carbocycles. The molecule has 4 nitrogen and oxygen atoms in total. The van der Waals surface area contributed by atoms with E-state index in [0.717, 1.165) is 6.07 Å². The third kappa shape index (κ3) is 6.58. The van der Waals surface area contributed by atoms with Crippen molar-refractivity contribution >= 4 is 35.0 Å². The second kappa shape index (κ2) is 10.5. The monoisotopic (exact) mass is 476 g/mol. The van der Waals surface area contributed by atoms with Crippen LogP contribution in [-0.2, 0) is 11.0 Å². The fourth-order valence-corrected chi connectivity index (χ4v) is 4.00. The molecule has 0 bridgehead atoms. The normalized spacial score (nSPS) is 12.2. The third-order valence-corrected chi connectivity index (χ3v) is 5.99. The first-order chi connectivity index (χ1) is 15.7. The van der Waals surface area contributed by atoms with Crippen LogP contribution < -0.4 is 10.6 Å². The van der Waals surface area contributed by atoms with Crippen molar-refractivity contribution in [2.45, 2.75) is 29.7 Å². The molecular formula is C24H20F4N2O2S. The van der Waals surface area contributed by atoms with E-state index in [-0.39, 0.29) is 11.3 Å². The fraction of sp³-hybridized carbons (Fsp3) is 0.167. The second-order valence-electron chi connectivity index (χ2n) is 7.04. The van der Waals surface area contributed by atoms with Crippen LogP contribution in [0.3, 0.4) is 0 Å². The molecule has 0 aliphatic heterocycles. The number of anilines is 2. The first kappa shape index (κ1) is 24.3. The molecule has 172 valence electrons. The van der Waals surface area contributed by atoms with Crippen LogP contribution >= 0.6 is 11.8 Å². The Morgan fingerprint density at radius 3 is 2.30 bits per heavy atom. The van der Waals surface area contributed by atoms with Crippen LogP contribution in [0.15, 0.2) is 77.7 Å². The predicted octanol–water partition coefficient (Wildman–Crippen LogP) is 6.61. The smallest absolute Gasteiger partial charge is 0.325 e. The van der Waals surface area contributed by atoms with Gasteiger partial charge in [-0.15, -0.1) is 11.8 Å². The molecule has 9 heteroatoms. The molecule has 0 heterocycles. The summed E-state index contributed by atoms with van der Waals surface area (Å²) in [6, 6.07) is 16.6. The highest BCUT2D eigenvalue weighted by molar-refractivity contribution is 8.00. The van der Waals surface area contributed by atoms with Crippen LogP contribution in [0.5, 0.6) is 0 Å². The number of benzene rings is 3. The molecule has 1 unspecified atom stereocenters. The Morgan fingerprint density at radius 1 is 0.939 bits per heavy atom. The quantitative estimate of drug-likeness (QED) is 0.298. The van der Waals surface area contributed by atoms with Gasteiger partial charge in [-0.05, 0) is 61.0 Å². The summed E-state index contributed by atoms with van der Waals surface area (Å²) in [4.78, 5) is 25.7. The van der Waals surface area contributed by atoms with E-state index in [1.54, 1.807) is 31.2 Å². The SMILES string of the molecule is CCC(Sc1cccc(NC(=O)c2ccc(F)cc2)c1)C(=O)Nc1ccccc1C(F)(F)F. The molecule has 0 radical (unpaired) electrons. The Kier molecular flexibility index (Phi) is 7.75. The van der Waals surface area contributed by atoms with E-state index < -0.39 is 34.6 Å². The molecule has 33 heavy (non-hydrogen) atoms. The van der Waals surface area contributed by atoms with E-state index in [1.165, 1.54) is 54.2 Å². The van der Waals surface area contributed by atoms with E-state index in [0.29, 0.717) is 17.0 Å². The molecule has 3 aromatic rings. The number of rotatable bonds is 7. The molecule has 0 aliphatic carbocycles. The molecule has 0 aliphatic rings. The van der Waals surface area contributed by atoms with Crippen molar-refractivity contribution in [1.82, 2.24) is 0 Å². The molecule has 2 N–H and O–H groups in total. The van der Waals surface area contributed by atoms with Gasteiger partial charge in [0.25, 0.3) is 5.91 Å². The van der Waals surface area contributed by atoms with Gasteiger partial charge in [0, 0.05) is 16.1 Å². The highest BCUT2D eigenvalue weighted by atomic mass is 32.2. The zero-order valence-electron chi connectivity index (χ0n) is 17.4. The number of carbonyl (C=O) groups excluding carboxylic acids is 2. The molecule has 0 spiro atoms. The summed E-state index contributed by atoms with van der Waals surface area (Å²) in [6.07, 6.45) is -4.22. The van der Waals surface area contributed by atoms with E-state index >= 15 is 0 Å². The fourth-order valence-electron chi connectivity index (χ4n) is 2.99. The number of amides is 2. The van der Waals surface area contributed by atoms with Crippen LogP contribution in [0.2, 0.25) is 0 Å². The minimum absolute atomic E-state index is 0.281. The maximum absolute atomic E-state index is 13.2. The molecular weight excluding hydrogens is 456 g/mol. The van der Waals surface area contributed by atoms with Gasteiger partial charge < -0.3 is 10.6 Å². The van der Waals surface area contributed by atoms with Gasteiger partial charge in [0.2, 0.25) is 5.91 Å². The molecule has 0 fully saturated rings. The summed E-state index contributed by atoms with van der Waals surface area (Å²) in [5.41, 5.74) is -0.464. The predicted molar refractivity (Wildman–Crippen MR) is 121 cm³/mol. The van der Waals surface area contributed by atoms with Gasteiger partial charge in [0.05, 0.1) is 16.5 Å². The van der Waals surface area contributed by atoms with Crippen LogP contribution in [0.25, 0.3) is 0 Å². The summed E-state index contributed by atoms with van der Waals surface area (Å²) in [6.45, 7) is 1.76. The lowest BCUT2D eigenvalue weighted by molar-refractivity contribution is -0.137. The highest BCUT2D eigenvalue weighted by Crippen LogP contribution is 2.35. The molecule has 3 rings (SSSR count). The molecule has 1 atom stereocenters. The maximum Gasteiger partial charge on any atom is 0.418 e. The number of hydrogen-bond acceptors (Lipinski definition) is 3. The number of carbonyl (C=O) groups is 2. The average Bonchev–Trinajstić information content (AvgIpc) is 2.77. The lowest BCUT2D eigenvalue weighted by atomic mass is 10.1. The minimum Gasteiger partial charge on any atom is -0.325 e. The van der Waals surface area contributed by atoms with E-state index in [1.807, 2.05) is 0 Å². The zero-order chi connectivity index (χ0) is 24.0. The van der Waals surface area contributed by atoms with Gasteiger partial charge in [0.15, 0.2) is 0 Å². The van der Waals surface area contributed by atoms with Gasteiger partial charge in [-0.2, -0.15) is 13.2 Å². The number of para-hydroxylation sites is 1. The molecule has 2 amide bonds. The Balaban J connectivity index is 1.70. The van der Waals surface area contributed by atoms with Gasteiger partial charge in [-0.25, -0.2) is 4.39 Å². The second-order valence-corrected chi connectivity index (χ2v) is 8.31. The Morgan fingerprint density at radius 2 is 1.64 bits per heavy atom. The van der Waals surface area contributed by atoms with Crippen LogP contribution in [0, 0.1) is 5.82 Å². The van der Waals surface area contributed by atoms with E-state index in [9.17, 15) is 27.2 Å². The zero-order valence-corrected chi connectivity index (χ0v) is 18.3. The summed E-state index contributed by atoms with van der Waals surface area (Å²) >= 11 is 1.17. The summed E-state index contributed by atoms with van der Waals surface area (Å²) in [5, 5.41) is 4.43. The number of thioether (sulfide) groups is 1. The van der Waals surface area contributed by atoms with E-state index in [2.05, 4.69) is 10.6 Å². The van der Waals surface area contributed by atoms with Crippen molar-refractivity contribution in [2.75, 3.05) is 10.6 Å².